The van der Waals surface area contributed by atoms with Crippen molar-refractivity contribution < 1.29 is 10.2 Å². The highest BCUT2D eigenvalue weighted by molar-refractivity contribution is 5.85. The van der Waals surface area contributed by atoms with Gasteiger partial charge in [-0.05, 0) is 46.5 Å². The van der Waals surface area contributed by atoms with E-state index in [0.717, 1.165) is 0 Å². The molecular formula is C30H24N2O2. The summed E-state index contributed by atoms with van der Waals surface area (Å²) in [7, 11) is 0. The molecule has 3 aliphatic rings. The van der Waals surface area contributed by atoms with Gasteiger partial charge in [0.25, 0.3) is 0 Å². The summed E-state index contributed by atoms with van der Waals surface area (Å²) < 4.78 is 0. The molecule has 4 aromatic rings. The summed E-state index contributed by atoms with van der Waals surface area (Å²) in [5.41, 5.74) is 6.54. The van der Waals surface area contributed by atoms with E-state index in [0.29, 0.717) is 11.1 Å². The quantitative estimate of drug-likeness (QED) is 0.399. The number of fused-ring (bicyclic) bond motifs is 1. The van der Waals surface area contributed by atoms with Gasteiger partial charge in [-0.1, -0.05) is 72.8 Å². The van der Waals surface area contributed by atoms with Gasteiger partial charge >= 0.3 is 0 Å². The summed E-state index contributed by atoms with van der Waals surface area (Å²) >= 11 is 0. The number of aliphatic imine (C=N–C) groups is 2. The first-order chi connectivity index (χ1) is 16.7. The molecule has 0 heterocycles. The van der Waals surface area contributed by atoms with Crippen LogP contribution in [0.3, 0.4) is 0 Å². The molecule has 2 bridgehead atoms. The smallest absolute Gasteiger partial charge is 0.124 e. The van der Waals surface area contributed by atoms with Crippen molar-refractivity contribution in [3.63, 3.8) is 0 Å². The molecule has 0 saturated carbocycles. The van der Waals surface area contributed by atoms with Crippen molar-refractivity contribution in [3.8, 4) is 11.5 Å². The molecule has 2 N–H and O–H groups in total. The van der Waals surface area contributed by atoms with Crippen LogP contribution in [-0.2, 0) is 0 Å². The van der Waals surface area contributed by atoms with Gasteiger partial charge in [-0.2, -0.15) is 0 Å². The molecule has 4 aromatic carbocycles. The Kier molecular flexibility index (Phi) is 4.99. The molecule has 0 spiro atoms. The summed E-state index contributed by atoms with van der Waals surface area (Å²) in [5, 5.41) is 20.6. The first kappa shape index (κ1) is 20.4. The lowest BCUT2D eigenvalue weighted by molar-refractivity contribution is 0.390. The van der Waals surface area contributed by atoms with Crippen LogP contribution in [0, 0.1) is 0 Å². The fourth-order valence-corrected chi connectivity index (χ4v) is 5.49. The molecule has 4 nitrogen and oxygen atoms in total. The Labute approximate surface area is 198 Å². The van der Waals surface area contributed by atoms with Gasteiger partial charge in [0.2, 0.25) is 0 Å². The molecular weight excluding hydrogens is 420 g/mol. The summed E-state index contributed by atoms with van der Waals surface area (Å²) in [6, 6.07) is 31.4. The number of hydrogen-bond acceptors (Lipinski definition) is 4. The third-order valence-electron chi connectivity index (χ3n) is 7.01. The summed E-state index contributed by atoms with van der Waals surface area (Å²) in [6.45, 7) is 0. The van der Waals surface area contributed by atoms with Gasteiger partial charge in [0.15, 0.2) is 0 Å². The van der Waals surface area contributed by atoms with Crippen molar-refractivity contribution in [1.29, 1.82) is 0 Å². The molecule has 0 aromatic heterocycles. The zero-order valence-corrected chi connectivity index (χ0v) is 18.5. The maximum atomic E-state index is 10.3. The van der Waals surface area contributed by atoms with E-state index in [2.05, 4.69) is 48.5 Å². The maximum absolute atomic E-state index is 10.3. The fourth-order valence-electron chi connectivity index (χ4n) is 5.49. The second-order valence-electron chi connectivity index (χ2n) is 8.87. The zero-order chi connectivity index (χ0) is 23.1. The highest BCUT2D eigenvalue weighted by Crippen LogP contribution is 2.54. The average molecular weight is 445 g/mol. The molecule has 3 aliphatic carbocycles. The van der Waals surface area contributed by atoms with Crippen molar-refractivity contribution in [2.45, 2.75) is 23.9 Å². The van der Waals surface area contributed by atoms with E-state index in [-0.39, 0.29) is 35.4 Å². The lowest BCUT2D eigenvalue weighted by Crippen LogP contribution is -2.45. The average Bonchev–Trinajstić information content (AvgIpc) is 2.88. The lowest BCUT2D eigenvalue weighted by atomic mass is 9.59. The molecule has 4 heteroatoms. The molecule has 2 atom stereocenters. The number of para-hydroxylation sites is 2. The minimum atomic E-state index is -0.142. The van der Waals surface area contributed by atoms with Crippen molar-refractivity contribution in [2.75, 3.05) is 0 Å². The monoisotopic (exact) mass is 444 g/mol. The van der Waals surface area contributed by atoms with Crippen molar-refractivity contribution in [2.24, 2.45) is 9.98 Å². The number of phenols is 2. The predicted octanol–water partition coefficient (Wildman–Crippen LogP) is 5.66. The molecule has 0 unspecified atom stereocenters. The predicted molar refractivity (Wildman–Crippen MR) is 136 cm³/mol. The van der Waals surface area contributed by atoms with Gasteiger partial charge in [0, 0.05) is 35.4 Å². The van der Waals surface area contributed by atoms with E-state index in [4.69, 9.17) is 9.98 Å². The van der Waals surface area contributed by atoms with Crippen LogP contribution in [-0.4, -0.2) is 34.7 Å². The van der Waals surface area contributed by atoms with Gasteiger partial charge in [0.05, 0.1) is 12.1 Å². The van der Waals surface area contributed by atoms with E-state index in [1.807, 2.05) is 24.3 Å². The van der Waals surface area contributed by atoms with Gasteiger partial charge in [-0.25, -0.2) is 0 Å². The fraction of sp³-hybridized carbons (Fsp3) is 0.133. The molecule has 34 heavy (non-hydrogen) atoms. The number of hydrogen-bond donors (Lipinski definition) is 2. The second kappa shape index (κ2) is 8.31. The van der Waals surface area contributed by atoms with Crippen LogP contribution in [0.1, 0.15) is 45.2 Å². The van der Waals surface area contributed by atoms with Crippen LogP contribution in [0.4, 0.5) is 0 Å². The van der Waals surface area contributed by atoms with Crippen molar-refractivity contribution in [1.82, 2.24) is 0 Å². The third kappa shape index (κ3) is 3.30. The van der Waals surface area contributed by atoms with Crippen LogP contribution in [0.5, 0.6) is 11.5 Å². The Morgan fingerprint density at radius 3 is 1.15 bits per heavy atom. The normalized spacial score (nSPS) is 22.7. The maximum Gasteiger partial charge on any atom is 0.124 e. The van der Waals surface area contributed by atoms with E-state index < -0.39 is 0 Å². The topological polar surface area (TPSA) is 65.2 Å². The van der Waals surface area contributed by atoms with Crippen LogP contribution in [0.15, 0.2) is 107 Å². The summed E-state index contributed by atoms with van der Waals surface area (Å²) in [6.07, 6.45) is 3.54. The molecule has 0 radical (unpaired) electrons. The Bertz CT molecular complexity index is 1270. The van der Waals surface area contributed by atoms with Crippen molar-refractivity contribution in [3.05, 3.63) is 130 Å². The Morgan fingerprint density at radius 1 is 0.471 bits per heavy atom. The zero-order valence-electron chi connectivity index (χ0n) is 18.5. The summed E-state index contributed by atoms with van der Waals surface area (Å²) in [4.78, 5) is 10.1. The minimum Gasteiger partial charge on any atom is -0.507 e. The lowest BCUT2D eigenvalue weighted by Gasteiger charge is -2.47. The molecule has 166 valence electrons. The number of aromatic hydroxyl groups is 2. The summed E-state index contributed by atoms with van der Waals surface area (Å²) in [5.74, 6) is 0.543. The highest BCUT2D eigenvalue weighted by Gasteiger charge is 2.49. The molecule has 0 fully saturated rings. The Hall–Kier alpha value is -4.18. The molecule has 0 aliphatic heterocycles. The first-order valence-electron chi connectivity index (χ1n) is 11.5. The molecule has 0 saturated heterocycles. The Balaban J connectivity index is 1.51. The van der Waals surface area contributed by atoms with Gasteiger partial charge in [0.1, 0.15) is 11.5 Å². The van der Waals surface area contributed by atoms with Gasteiger partial charge < -0.3 is 10.2 Å². The van der Waals surface area contributed by atoms with E-state index in [1.54, 1.807) is 36.7 Å². The van der Waals surface area contributed by atoms with Gasteiger partial charge in [-0.3, -0.25) is 9.98 Å². The number of nitrogens with zero attached hydrogens (tertiary/aromatic N) is 2. The number of rotatable bonds is 4. The largest absolute Gasteiger partial charge is 0.507 e. The molecule has 7 rings (SSSR count). The van der Waals surface area contributed by atoms with E-state index in [9.17, 15) is 10.2 Å². The van der Waals surface area contributed by atoms with Crippen LogP contribution >= 0.6 is 0 Å². The van der Waals surface area contributed by atoms with E-state index in [1.165, 1.54) is 22.3 Å². The minimum absolute atomic E-state index is 0.0611. The third-order valence-corrected chi connectivity index (χ3v) is 7.01. The van der Waals surface area contributed by atoms with Crippen LogP contribution in [0.25, 0.3) is 0 Å². The van der Waals surface area contributed by atoms with Crippen molar-refractivity contribution >= 4 is 12.4 Å². The second-order valence-corrected chi connectivity index (χ2v) is 8.87. The number of benzene rings is 4. The van der Waals surface area contributed by atoms with Crippen LogP contribution in [0.2, 0.25) is 0 Å². The molecule has 0 amide bonds. The first-order valence-corrected chi connectivity index (χ1v) is 11.5. The van der Waals surface area contributed by atoms with Gasteiger partial charge in [-0.15, -0.1) is 0 Å². The standard InChI is InChI=1S/C30H24N2O2/c33-25-15-7-1-9-19(25)17-31-29-27-21-11-3-5-13-23(21)28(24-14-6-4-12-22(24)27)30(29)32-18-20-10-2-8-16-26(20)34/h1-18,27-30,33-34H/t27?,28?,29-,30-/m0/s1. The SMILES string of the molecule is Oc1ccccc1C=N[C@H]1C2c3ccccc3C(c3ccccc32)[C@@H]1N=Cc1ccccc1O. The van der Waals surface area contributed by atoms with E-state index >= 15 is 0 Å². The Morgan fingerprint density at radius 2 is 0.794 bits per heavy atom. The van der Waals surface area contributed by atoms with Crippen LogP contribution < -0.4 is 0 Å². The number of phenolic OH excluding ortho intramolecular Hbond substituents is 2. The highest BCUT2D eigenvalue weighted by atomic mass is 16.3.